The molecule has 1 aromatic rings. The van der Waals surface area contributed by atoms with E-state index in [-0.39, 0.29) is 23.3 Å². The molecule has 2 heterocycles. The van der Waals surface area contributed by atoms with Crippen LogP contribution in [0.3, 0.4) is 0 Å². The molecule has 0 saturated carbocycles. The van der Waals surface area contributed by atoms with Gasteiger partial charge in [-0.05, 0) is 43.1 Å². The zero-order valence-electron chi connectivity index (χ0n) is 11.9. The van der Waals surface area contributed by atoms with E-state index in [0.717, 1.165) is 30.6 Å². The van der Waals surface area contributed by atoms with Crippen LogP contribution in [-0.4, -0.2) is 40.5 Å². The van der Waals surface area contributed by atoms with Gasteiger partial charge in [0.05, 0.1) is 11.3 Å². The number of nitrogens with one attached hydrogen (secondary N) is 2. The molecule has 0 bridgehead atoms. The van der Waals surface area contributed by atoms with Crippen molar-refractivity contribution in [2.24, 2.45) is 0 Å². The number of hydrogen-bond acceptors (Lipinski definition) is 4. The van der Waals surface area contributed by atoms with Crippen LogP contribution in [-0.2, 0) is 21.2 Å². The van der Waals surface area contributed by atoms with Crippen LogP contribution in [0.4, 0.5) is 5.69 Å². The minimum absolute atomic E-state index is 0.0102. The van der Waals surface area contributed by atoms with Crippen LogP contribution in [0, 0.1) is 0 Å². The molecule has 1 saturated heterocycles. The standard InChI is InChI=1S/C14H19N3O3S/c1-17-13-5-4-12(7-10(13)8-14(17)18)21(19,20)16-11-3-2-6-15-9-11/h4-5,7,11,15-16H,2-3,6,8-9H2,1H3/t11-/m0/s1. The Morgan fingerprint density at radius 2 is 2.19 bits per heavy atom. The van der Waals surface area contributed by atoms with Crippen LogP contribution >= 0.6 is 0 Å². The van der Waals surface area contributed by atoms with Gasteiger partial charge >= 0.3 is 0 Å². The Bertz CT molecular complexity index is 666. The molecule has 6 nitrogen and oxygen atoms in total. The van der Waals surface area contributed by atoms with Crippen LogP contribution in [0.2, 0.25) is 0 Å². The van der Waals surface area contributed by atoms with Gasteiger partial charge in [0.25, 0.3) is 0 Å². The molecule has 7 heteroatoms. The summed E-state index contributed by atoms with van der Waals surface area (Å²) in [6, 6.07) is 4.80. The van der Waals surface area contributed by atoms with Gasteiger partial charge < -0.3 is 10.2 Å². The number of amides is 1. The largest absolute Gasteiger partial charge is 0.315 e. The van der Waals surface area contributed by atoms with E-state index in [1.165, 1.54) is 0 Å². The molecule has 1 amide bonds. The number of carbonyl (C=O) groups excluding carboxylic acids is 1. The van der Waals surface area contributed by atoms with Crippen LogP contribution < -0.4 is 14.9 Å². The lowest BCUT2D eigenvalue weighted by Crippen LogP contribution is -2.45. The zero-order valence-corrected chi connectivity index (χ0v) is 12.7. The Hall–Kier alpha value is -1.44. The number of rotatable bonds is 3. The maximum atomic E-state index is 12.4. The van der Waals surface area contributed by atoms with E-state index in [9.17, 15) is 13.2 Å². The van der Waals surface area contributed by atoms with Crippen molar-refractivity contribution < 1.29 is 13.2 Å². The van der Waals surface area contributed by atoms with Crippen LogP contribution in [0.15, 0.2) is 23.1 Å². The van der Waals surface area contributed by atoms with E-state index in [0.29, 0.717) is 6.54 Å². The number of fused-ring (bicyclic) bond motifs is 1. The van der Waals surface area contributed by atoms with E-state index >= 15 is 0 Å². The van der Waals surface area contributed by atoms with Crippen molar-refractivity contribution in [3.05, 3.63) is 23.8 Å². The molecule has 0 aliphatic carbocycles. The monoisotopic (exact) mass is 309 g/mol. The quantitative estimate of drug-likeness (QED) is 0.838. The summed E-state index contributed by atoms with van der Waals surface area (Å²) in [6.07, 6.45) is 2.08. The molecule has 2 N–H and O–H groups in total. The van der Waals surface area contributed by atoms with Crippen molar-refractivity contribution >= 4 is 21.6 Å². The third-order valence-corrected chi connectivity index (χ3v) is 5.58. The van der Waals surface area contributed by atoms with E-state index in [4.69, 9.17) is 0 Å². The summed E-state index contributed by atoms with van der Waals surface area (Å²) in [5, 5.41) is 3.18. The highest BCUT2D eigenvalue weighted by molar-refractivity contribution is 7.89. The Morgan fingerprint density at radius 3 is 2.90 bits per heavy atom. The first-order valence-corrected chi connectivity index (χ1v) is 8.58. The fraction of sp³-hybridized carbons (Fsp3) is 0.500. The number of nitrogens with zero attached hydrogens (tertiary/aromatic N) is 1. The zero-order chi connectivity index (χ0) is 15.0. The Labute approximate surface area is 124 Å². The minimum Gasteiger partial charge on any atom is -0.315 e. The van der Waals surface area contributed by atoms with Gasteiger partial charge in [-0.25, -0.2) is 13.1 Å². The lowest BCUT2D eigenvalue weighted by molar-refractivity contribution is -0.117. The molecule has 2 aliphatic heterocycles. The van der Waals surface area contributed by atoms with Crippen LogP contribution in [0.5, 0.6) is 0 Å². The maximum Gasteiger partial charge on any atom is 0.240 e. The van der Waals surface area contributed by atoms with Gasteiger partial charge in [0.1, 0.15) is 0 Å². The van der Waals surface area contributed by atoms with E-state index in [1.807, 2.05) is 0 Å². The number of carbonyl (C=O) groups is 1. The summed E-state index contributed by atoms with van der Waals surface area (Å²) >= 11 is 0. The molecule has 0 radical (unpaired) electrons. The second-order valence-electron chi connectivity index (χ2n) is 5.58. The fourth-order valence-electron chi connectivity index (χ4n) is 2.85. The van der Waals surface area contributed by atoms with Crippen molar-refractivity contribution in [3.63, 3.8) is 0 Å². The van der Waals surface area contributed by atoms with Gasteiger partial charge in [0.2, 0.25) is 15.9 Å². The lowest BCUT2D eigenvalue weighted by Gasteiger charge is -2.23. The molecule has 114 valence electrons. The van der Waals surface area contributed by atoms with Crippen LogP contribution in [0.25, 0.3) is 0 Å². The first-order valence-electron chi connectivity index (χ1n) is 7.10. The number of benzene rings is 1. The summed E-state index contributed by atoms with van der Waals surface area (Å²) in [4.78, 5) is 13.5. The van der Waals surface area contributed by atoms with Gasteiger partial charge in [0, 0.05) is 25.3 Å². The predicted octanol–water partition coefficient (Wildman–Crippen LogP) is 0.236. The van der Waals surface area contributed by atoms with Gasteiger partial charge in [0.15, 0.2) is 0 Å². The molecule has 3 rings (SSSR count). The predicted molar refractivity (Wildman–Crippen MR) is 79.8 cm³/mol. The van der Waals surface area contributed by atoms with Crippen LogP contribution in [0.1, 0.15) is 18.4 Å². The van der Waals surface area contributed by atoms with E-state index in [1.54, 1.807) is 30.1 Å². The Kier molecular flexibility index (Phi) is 3.73. The third-order valence-electron chi connectivity index (χ3n) is 4.06. The molecule has 0 aromatic heterocycles. The van der Waals surface area contributed by atoms with Crippen molar-refractivity contribution in [1.29, 1.82) is 0 Å². The molecular formula is C14H19N3O3S. The molecule has 1 aromatic carbocycles. The average Bonchev–Trinajstić information content (AvgIpc) is 2.74. The highest BCUT2D eigenvalue weighted by Gasteiger charge is 2.27. The number of anilines is 1. The van der Waals surface area contributed by atoms with Gasteiger partial charge in [-0.15, -0.1) is 0 Å². The van der Waals surface area contributed by atoms with Gasteiger partial charge in [-0.2, -0.15) is 0 Å². The number of likely N-dealkylation sites (N-methyl/N-ethyl adjacent to an activating group) is 1. The molecule has 21 heavy (non-hydrogen) atoms. The molecule has 1 fully saturated rings. The Balaban J connectivity index is 1.83. The van der Waals surface area contributed by atoms with E-state index < -0.39 is 10.0 Å². The normalized spacial score (nSPS) is 22.4. The maximum absolute atomic E-state index is 12.4. The minimum atomic E-state index is -3.54. The molecule has 0 unspecified atom stereocenters. The summed E-state index contributed by atoms with van der Waals surface area (Å²) < 4.78 is 27.6. The fourth-order valence-corrected chi connectivity index (χ4v) is 4.17. The first-order chi connectivity index (χ1) is 9.97. The van der Waals surface area contributed by atoms with Crippen molar-refractivity contribution in [1.82, 2.24) is 10.0 Å². The molecule has 2 aliphatic rings. The summed E-state index contributed by atoms with van der Waals surface area (Å²) in [6.45, 7) is 1.59. The van der Waals surface area contributed by atoms with Gasteiger partial charge in [-0.1, -0.05) is 0 Å². The van der Waals surface area contributed by atoms with Crippen molar-refractivity contribution in [2.45, 2.75) is 30.2 Å². The molecule has 0 spiro atoms. The average molecular weight is 309 g/mol. The topological polar surface area (TPSA) is 78.5 Å². The smallest absolute Gasteiger partial charge is 0.240 e. The summed E-state index contributed by atoms with van der Waals surface area (Å²) in [5.41, 5.74) is 1.56. The van der Waals surface area contributed by atoms with Gasteiger partial charge in [-0.3, -0.25) is 4.79 Å². The number of hydrogen-bond donors (Lipinski definition) is 2. The molecule has 1 atom stereocenters. The summed E-state index contributed by atoms with van der Waals surface area (Å²) in [5.74, 6) is -0.0102. The molecular weight excluding hydrogens is 290 g/mol. The van der Waals surface area contributed by atoms with Crippen molar-refractivity contribution in [3.8, 4) is 0 Å². The second kappa shape index (κ2) is 5.40. The SMILES string of the molecule is CN1C(=O)Cc2cc(S(=O)(=O)N[C@H]3CCCNC3)ccc21. The number of sulfonamides is 1. The first kappa shape index (κ1) is 14.5. The lowest BCUT2D eigenvalue weighted by atomic mass is 10.1. The third kappa shape index (κ3) is 2.81. The van der Waals surface area contributed by atoms with Crippen molar-refractivity contribution in [2.75, 3.05) is 25.0 Å². The second-order valence-corrected chi connectivity index (χ2v) is 7.30. The highest BCUT2D eigenvalue weighted by Crippen LogP contribution is 2.29. The Morgan fingerprint density at radius 1 is 1.38 bits per heavy atom. The highest BCUT2D eigenvalue weighted by atomic mass is 32.2. The van der Waals surface area contributed by atoms with E-state index in [2.05, 4.69) is 10.0 Å². The summed E-state index contributed by atoms with van der Waals surface area (Å²) in [7, 11) is -1.83. The number of piperidine rings is 1.